The van der Waals surface area contributed by atoms with Crippen molar-refractivity contribution in [1.29, 1.82) is 0 Å². The predicted molar refractivity (Wildman–Crippen MR) is 139 cm³/mol. The van der Waals surface area contributed by atoms with Gasteiger partial charge in [-0.1, -0.05) is 78.9 Å². The van der Waals surface area contributed by atoms with Gasteiger partial charge in [0.1, 0.15) is 11.4 Å². The lowest BCUT2D eigenvalue weighted by Crippen LogP contribution is -2.31. The van der Waals surface area contributed by atoms with Gasteiger partial charge in [-0.05, 0) is 37.1 Å². The Labute approximate surface area is 206 Å². The van der Waals surface area contributed by atoms with Crippen LogP contribution in [0.1, 0.15) is 47.7 Å². The lowest BCUT2D eigenvalue weighted by atomic mass is 9.88. The molecular weight excluding hydrogens is 436 g/mol. The third-order valence-corrected chi connectivity index (χ3v) is 6.10. The fraction of sp³-hybridized carbons (Fsp3) is 0.207. The molecule has 6 nitrogen and oxygen atoms in total. The summed E-state index contributed by atoms with van der Waals surface area (Å²) in [6.07, 6.45) is 1.77. The highest BCUT2D eigenvalue weighted by Crippen LogP contribution is 2.29. The molecule has 0 fully saturated rings. The van der Waals surface area contributed by atoms with Crippen molar-refractivity contribution in [1.82, 2.24) is 14.7 Å². The van der Waals surface area contributed by atoms with Gasteiger partial charge in [-0.15, -0.1) is 0 Å². The number of anilines is 1. The van der Waals surface area contributed by atoms with Gasteiger partial charge < -0.3 is 10.2 Å². The average molecular weight is 467 g/mol. The van der Waals surface area contributed by atoms with Gasteiger partial charge in [-0.3, -0.25) is 9.59 Å². The van der Waals surface area contributed by atoms with Gasteiger partial charge in [0.15, 0.2) is 0 Å². The highest BCUT2D eigenvalue weighted by Gasteiger charge is 2.25. The number of aromatic nitrogens is 2. The van der Waals surface area contributed by atoms with Crippen molar-refractivity contribution in [2.45, 2.75) is 26.2 Å². The Balaban J connectivity index is 1.68. The molecule has 2 amide bonds. The summed E-state index contributed by atoms with van der Waals surface area (Å²) in [6, 6.07) is 29.5. The first-order valence-corrected chi connectivity index (χ1v) is 11.9. The van der Waals surface area contributed by atoms with Crippen molar-refractivity contribution in [2.24, 2.45) is 0 Å². The van der Waals surface area contributed by atoms with Gasteiger partial charge >= 0.3 is 0 Å². The van der Waals surface area contributed by atoms with Crippen LogP contribution in [0.4, 0.5) is 5.82 Å². The zero-order chi connectivity index (χ0) is 24.6. The van der Waals surface area contributed by atoms with Gasteiger partial charge in [0.25, 0.3) is 5.91 Å². The third-order valence-electron chi connectivity index (χ3n) is 6.10. The topological polar surface area (TPSA) is 67.2 Å². The smallest absolute Gasteiger partial charge is 0.259 e. The Morgan fingerprint density at radius 2 is 1.34 bits per heavy atom. The van der Waals surface area contributed by atoms with Gasteiger partial charge in [0, 0.05) is 25.4 Å². The van der Waals surface area contributed by atoms with Crippen LogP contribution in [0.15, 0.2) is 97.2 Å². The van der Waals surface area contributed by atoms with Crippen molar-refractivity contribution in [3.05, 3.63) is 114 Å². The molecule has 1 aromatic heterocycles. The van der Waals surface area contributed by atoms with E-state index in [9.17, 15) is 9.59 Å². The highest BCUT2D eigenvalue weighted by molar-refractivity contribution is 6.03. The van der Waals surface area contributed by atoms with Crippen molar-refractivity contribution in [3.63, 3.8) is 0 Å². The monoisotopic (exact) mass is 466 g/mol. The minimum Gasteiger partial charge on any atom is -0.339 e. The van der Waals surface area contributed by atoms with Crippen molar-refractivity contribution >= 4 is 17.6 Å². The van der Waals surface area contributed by atoms with Gasteiger partial charge in [-0.25, -0.2) is 4.68 Å². The number of hydrogen-bond acceptors (Lipinski definition) is 3. The number of para-hydroxylation sites is 1. The third kappa shape index (κ3) is 5.49. The van der Waals surface area contributed by atoms with Crippen molar-refractivity contribution in [2.75, 3.05) is 18.4 Å². The van der Waals surface area contributed by atoms with Crippen LogP contribution < -0.4 is 5.32 Å². The van der Waals surface area contributed by atoms with Crippen molar-refractivity contribution in [3.8, 4) is 5.69 Å². The Morgan fingerprint density at radius 1 is 0.829 bits per heavy atom. The maximum atomic E-state index is 13.5. The fourth-order valence-corrected chi connectivity index (χ4v) is 4.24. The van der Waals surface area contributed by atoms with E-state index in [1.807, 2.05) is 105 Å². The molecule has 0 bridgehead atoms. The number of carbonyl (C=O) groups is 2. The molecule has 3 aromatic carbocycles. The lowest BCUT2D eigenvalue weighted by molar-refractivity contribution is -0.116. The first-order valence-electron chi connectivity index (χ1n) is 11.9. The second kappa shape index (κ2) is 11.3. The molecule has 1 N–H and O–H groups in total. The van der Waals surface area contributed by atoms with E-state index < -0.39 is 0 Å². The number of nitrogens with one attached hydrogen (secondary N) is 1. The van der Waals surface area contributed by atoms with E-state index in [0.717, 1.165) is 16.8 Å². The Morgan fingerprint density at radius 3 is 1.86 bits per heavy atom. The van der Waals surface area contributed by atoms with Crippen LogP contribution in [0, 0.1) is 0 Å². The summed E-state index contributed by atoms with van der Waals surface area (Å²) in [6.45, 7) is 5.02. The van der Waals surface area contributed by atoms with E-state index in [1.165, 1.54) is 6.20 Å². The second-order valence-electron chi connectivity index (χ2n) is 8.26. The lowest BCUT2D eigenvalue weighted by Gasteiger charge is -2.20. The minimum absolute atomic E-state index is 0.118. The van der Waals surface area contributed by atoms with Crippen LogP contribution in [0.5, 0.6) is 0 Å². The molecule has 0 aliphatic rings. The Bertz CT molecular complexity index is 1210. The van der Waals surface area contributed by atoms with E-state index in [1.54, 1.807) is 9.58 Å². The molecule has 0 saturated carbocycles. The first kappa shape index (κ1) is 24.0. The largest absolute Gasteiger partial charge is 0.339 e. The van der Waals surface area contributed by atoms with Crippen LogP contribution in [-0.2, 0) is 4.79 Å². The SMILES string of the molecule is CCN(CC)C(=O)c1cnn(-c2ccccc2)c1NC(=O)CC(c1ccccc1)c1ccccc1. The summed E-state index contributed by atoms with van der Waals surface area (Å²) in [7, 11) is 0. The number of nitrogens with zero attached hydrogens (tertiary/aromatic N) is 3. The number of amides is 2. The van der Waals surface area contributed by atoms with Crippen LogP contribution in [-0.4, -0.2) is 39.6 Å². The maximum Gasteiger partial charge on any atom is 0.259 e. The number of benzene rings is 3. The van der Waals surface area contributed by atoms with Gasteiger partial charge in [0.2, 0.25) is 5.91 Å². The van der Waals surface area contributed by atoms with E-state index in [-0.39, 0.29) is 24.2 Å². The fourth-order valence-electron chi connectivity index (χ4n) is 4.24. The van der Waals surface area contributed by atoms with Crippen LogP contribution in [0.2, 0.25) is 0 Å². The van der Waals surface area contributed by atoms with E-state index in [0.29, 0.717) is 24.5 Å². The zero-order valence-electron chi connectivity index (χ0n) is 20.1. The molecule has 35 heavy (non-hydrogen) atoms. The Hall–Kier alpha value is -4.19. The number of rotatable bonds is 9. The molecule has 1 heterocycles. The normalized spacial score (nSPS) is 10.8. The molecular formula is C29H30N4O2. The van der Waals surface area contributed by atoms with Gasteiger partial charge in [0.05, 0.1) is 11.9 Å². The van der Waals surface area contributed by atoms with Crippen molar-refractivity contribution < 1.29 is 9.59 Å². The molecule has 178 valence electrons. The van der Waals surface area contributed by atoms with Crippen LogP contribution >= 0.6 is 0 Å². The molecule has 0 aliphatic heterocycles. The summed E-state index contributed by atoms with van der Waals surface area (Å²) < 4.78 is 1.62. The van der Waals surface area contributed by atoms with Crippen LogP contribution in [0.25, 0.3) is 5.69 Å². The molecule has 0 radical (unpaired) electrons. The number of carbonyl (C=O) groups excluding carboxylic acids is 2. The molecule has 0 aliphatic carbocycles. The number of hydrogen-bond donors (Lipinski definition) is 1. The summed E-state index contributed by atoms with van der Waals surface area (Å²) in [5.74, 6) is -0.0745. The van der Waals surface area contributed by atoms with Gasteiger partial charge in [-0.2, -0.15) is 5.10 Å². The molecule has 6 heteroatoms. The molecule has 4 aromatic rings. The molecule has 0 atom stereocenters. The van der Waals surface area contributed by atoms with Crippen LogP contribution in [0.3, 0.4) is 0 Å². The summed E-state index contributed by atoms with van der Waals surface area (Å²) in [4.78, 5) is 28.4. The standard InChI is InChI=1S/C29H30N4O2/c1-3-32(4-2)29(35)26-21-30-33(24-18-12-7-13-19-24)28(26)31-27(34)20-25(22-14-8-5-9-15-22)23-16-10-6-11-17-23/h5-19,21,25H,3-4,20H2,1-2H3,(H,31,34). The highest BCUT2D eigenvalue weighted by atomic mass is 16.2. The average Bonchev–Trinajstić information content (AvgIpc) is 3.32. The first-order chi connectivity index (χ1) is 17.1. The Kier molecular flexibility index (Phi) is 7.73. The minimum atomic E-state index is -0.186. The molecule has 0 saturated heterocycles. The summed E-state index contributed by atoms with van der Waals surface area (Å²) in [5, 5.41) is 7.49. The second-order valence-corrected chi connectivity index (χ2v) is 8.26. The molecule has 0 spiro atoms. The van der Waals surface area contributed by atoms with E-state index in [2.05, 4.69) is 10.4 Å². The summed E-state index contributed by atoms with van der Waals surface area (Å²) in [5.41, 5.74) is 3.26. The maximum absolute atomic E-state index is 13.5. The summed E-state index contributed by atoms with van der Waals surface area (Å²) >= 11 is 0. The van der Waals surface area contributed by atoms with E-state index in [4.69, 9.17) is 0 Å². The molecule has 4 rings (SSSR count). The molecule has 0 unspecified atom stereocenters. The predicted octanol–water partition coefficient (Wildman–Crippen LogP) is 5.52. The van der Waals surface area contributed by atoms with E-state index >= 15 is 0 Å². The quantitative estimate of drug-likeness (QED) is 0.353. The zero-order valence-corrected chi connectivity index (χ0v) is 20.1.